The summed E-state index contributed by atoms with van der Waals surface area (Å²) in [7, 11) is 0. The van der Waals surface area contributed by atoms with E-state index in [4.69, 9.17) is 12.2 Å². The van der Waals surface area contributed by atoms with Gasteiger partial charge in [0.15, 0.2) is 0 Å². The number of pyridine rings is 1. The van der Waals surface area contributed by atoms with Crippen LogP contribution in [0.4, 0.5) is 5.82 Å². The van der Waals surface area contributed by atoms with Crippen LogP contribution in [0.3, 0.4) is 0 Å². The number of anilines is 1. The summed E-state index contributed by atoms with van der Waals surface area (Å²) in [5.41, 5.74) is 1.31. The van der Waals surface area contributed by atoms with Gasteiger partial charge in [0.05, 0.1) is 4.91 Å². The molecule has 0 spiro atoms. The second-order valence-electron chi connectivity index (χ2n) is 9.84. The molecule has 1 aromatic rings. The van der Waals surface area contributed by atoms with Gasteiger partial charge >= 0.3 is 0 Å². The molecule has 0 radical (unpaired) electrons. The highest BCUT2D eigenvalue weighted by molar-refractivity contribution is 8.26. The first-order valence-electron chi connectivity index (χ1n) is 11.8. The zero-order valence-electron chi connectivity index (χ0n) is 20.5. The van der Waals surface area contributed by atoms with Crippen LogP contribution in [-0.2, 0) is 11.3 Å². The maximum absolute atomic E-state index is 13.3. The number of amides is 1. The molecular weight excluding hydrogens is 452 g/mol. The molecule has 2 atom stereocenters. The lowest BCUT2D eigenvalue weighted by molar-refractivity contribution is -0.122. The molecule has 178 valence electrons. The van der Waals surface area contributed by atoms with Crippen LogP contribution in [0.15, 0.2) is 9.70 Å². The summed E-state index contributed by atoms with van der Waals surface area (Å²) in [4.78, 5) is 31.0. The van der Waals surface area contributed by atoms with Gasteiger partial charge in [0.2, 0.25) is 0 Å². The van der Waals surface area contributed by atoms with Gasteiger partial charge in [0.25, 0.3) is 11.5 Å². The van der Waals surface area contributed by atoms with Gasteiger partial charge in [-0.25, -0.2) is 0 Å². The summed E-state index contributed by atoms with van der Waals surface area (Å²) >= 11 is 6.80. The minimum Gasteiger partial charge on any atom is -0.357 e. The molecule has 2 aliphatic rings. The van der Waals surface area contributed by atoms with Crippen molar-refractivity contribution in [2.45, 2.75) is 60.9 Å². The minimum atomic E-state index is -0.248. The second-order valence-corrected chi connectivity index (χ2v) is 11.5. The second kappa shape index (κ2) is 10.4. The van der Waals surface area contributed by atoms with Crippen molar-refractivity contribution in [2.75, 3.05) is 24.5 Å². The van der Waals surface area contributed by atoms with E-state index in [9.17, 15) is 14.9 Å². The van der Waals surface area contributed by atoms with Crippen LogP contribution in [0.25, 0.3) is 6.08 Å². The Kier molecular flexibility index (Phi) is 8.07. The van der Waals surface area contributed by atoms with Gasteiger partial charge in [0, 0.05) is 31.7 Å². The van der Waals surface area contributed by atoms with E-state index < -0.39 is 0 Å². The monoisotopic (exact) mass is 486 g/mol. The number of piperidine rings is 1. The van der Waals surface area contributed by atoms with Crippen LogP contribution in [0.5, 0.6) is 0 Å². The highest BCUT2D eigenvalue weighted by atomic mass is 32.2. The molecule has 3 rings (SSSR count). The smallest absolute Gasteiger partial charge is 0.270 e. The molecule has 0 aliphatic carbocycles. The van der Waals surface area contributed by atoms with Gasteiger partial charge in [-0.2, -0.15) is 5.26 Å². The number of thiocarbonyl (C=S) groups is 1. The summed E-state index contributed by atoms with van der Waals surface area (Å²) in [6.45, 7) is 15.2. The van der Waals surface area contributed by atoms with Crippen molar-refractivity contribution in [3.63, 3.8) is 0 Å². The first-order chi connectivity index (χ1) is 15.6. The van der Waals surface area contributed by atoms with Crippen LogP contribution in [0.1, 0.15) is 64.2 Å². The largest absolute Gasteiger partial charge is 0.357 e. The van der Waals surface area contributed by atoms with Crippen molar-refractivity contribution in [3.8, 4) is 6.07 Å². The zero-order chi connectivity index (χ0) is 24.4. The van der Waals surface area contributed by atoms with E-state index in [2.05, 4.69) is 38.7 Å². The standard InChI is InChI=1S/C25H34N4O2S2/c1-7-8-28-22(27-13-16(4)9-17(5)14-27)19(18(6)20(11-26)23(28)30)10-21-24(31)29(12-15(2)3)25(32)33-21/h10,15-17H,7-9,12-14H2,1-6H3. The van der Waals surface area contributed by atoms with Crippen molar-refractivity contribution < 1.29 is 4.79 Å². The Bertz CT molecular complexity index is 1070. The van der Waals surface area contributed by atoms with Crippen LogP contribution < -0.4 is 10.5 Å². The Morgan fingerprint density at radius 3 is 2.42 bits per heavy atom. The molecule has 2 aliphatic heterocycles. The maximum atomic E-state index is 13.3. The van der Waals surface area contributed by atoms with E-state index in [1.165, 1.54) is 11.8 Å². The van der Waals surface area contributed by atoms with Crippen molar-refractivity contribution >= 4 is 46.1 Å². The normalized spacial score (nSPS) is 22.5. The number of hydrogen-bond acceptors (Lipinski definition) is 6. The average molecular weight is 487 g/mol. The van der Waals surface area contributed by atoms with E-state index >= 15 is 0 Å². The molecule has 0 bridgehead atoms. The quantitative estimate of drug-likeness (QED) is 0.426. The SMILES string of the molecule is CCCn1c(N2CC(C)CC(C)C2)c(C=C2SC(=S)N(CC(C)C)C2=O)c(C)c(C#N)c1=O. The predicted molar refractivity (Wildman–Crippen MR) is 140 cm³/mol. The predicted octanol–water partition coefficient (Wildman–Crippen LogP) is 4.78. The van der Waals surface area contributed by atoms with E-state index in [0.29, 0.717) is 45.6 Å². The Balaban J connectivity index is 2.24. The van der Waals surface area contributed by atoms with Gasteiger partial charge in [-0.1, -0.05) is 58.6 Å². The van der Waals surface area contributed by atoms with Crippen molar-refractivity contribution in [2.24, 2.45) is 17.8 Å². The van der Waals surface area contributed by atoms with E-state index in [0.717, 1.165) is 37.3 Å². The minimum absolute atomic E-state index is 0.101. The molecule has 2 saturated heterocycles. The lowest BCUT2D eigenvalue weighted by Gasteiger charge is -2.39. The molecule has 2 unspecified atom stereocenters. The number of carbonyl (C=O) groups excluding carboxylic acids is 1. The molecule has 2 fully saturated rings. The lowest BCUT2D eigenvalue weighted by atomic mass is 9.91. The van der Waals surface area contributed by atoms with Crippen molar-refractivity contribution in [3.05, 3.63) is 31.9 Å². The van der Waals surface area contributed by atoms with Crippen molar-refractivity contribution in [1.29, 1.82) is 5.26 Å². The number of rotatable bonds is 6. The zero-order valence-corrected chi connectivity index (χ0v) is 22.1. The first-order valence-corrected chi connectivity index (χ1v) is 13.0. The van der Waals surface area contributed by atoms with Crippen LogP contribution in [-0.4, -0.2) is 39.3 Å². The molecule has 0 N–H and O–H groups in total. The molecular formula is C25H34N4O2S2. The number of hydrogen-bond donors (Lipinski definition) is 0. The van der Waals surface area contributed by atoms with Crippen LogP contribution in [0.2, 0.25) is 0 Å². The topological polar surface area (TPSA) is 69.3 Å². The summed E-state index contributed by atoms with van der Waals surface area (Å²) in [6, 6.07) is 2.12. The third kappa shape index (κ3) is 5.20. The summed E-state index contributed by atoms with van der Waals surface area (Å²) in [6.07, 6.45) is 3.78. The molecule has 0 saturated carbocycles. The van der Waals surface area contributed by atoms with Gasteiger partial charge in [-0.15, -0.1) is 0 Å². The molecule has 3 heterocycles. The fraction of sp³-hybridized carbons (Fsp3) is 0.600. The molecule has 33 heavy (non-hydrogen) atoms. The van der Waals surface area contributed by atoms with Gasteiger partial charge in [0.1, 0.15) is 21.8 Å². The van der Waals surface area contributed by atoms with Gasteiger partial charge in [-0.05, 0) is 49.2 Å². The van der Waals surface area contributed by atoms with E-state index in [-0.39, 0.29) is 17.0 Å². The number of thioether (sulfide) groups is 1. The Morgan fingerprint density at radius 2 is 1.88 bits per heavy atom. The summed E-state index contributed by atoms with van der Waals surface area (Å²) in [5, 5.41) is 9.80. The number of aromatic nitrogens is 1. The molecule has 0 aromatic carbocycles. The van der Waals surface area contributed by atoms with Gasteiger partial charge < -0.3 is 4.90 Å². The maximum Gasteiger partial charge on any atom is 0.270 e. The highest BCUT2D eigenvalue weighted by Gasteiger charge is 2.34. The van der Waals surface area contributed by atoms with Crippen molar-refractivity contribution in [1.82, 2.24) is 9.47 Å². The number of nitrogens with zero attached hydrogens (tertiary/aromatic N) is 4. The number of carbonyl (C=O) groups is 1. The number of nitriles is 1. The first kappa shape index (κ1) is 25.5. The molecule has 1 aromatic heterocycles. The van der Waals surface area contributed by atoms with Crippen LogP contribution >= 0.6 is 24.0 Å². The Labute approximate surface area is 206 Å². The Hall–Kier alpha value is -2.11. The molecule has 1 amide bonds. The Morgan fingerprint density at radius 1 is 1.24 bits per heavy atom. The lowest BCUT2D eigenvalue weighted by Crippen LogP contribution is -2.43. The average Bonchev–Trinajstić information content (AvgIpc) is 2.98. The summed E-state index contributed by atoms with van der Waals surface area (Å²) in [5.74, 6) is 2.01. The molecule has 6 nitrogen and oxygen atoms in total. The third-order valence-electron chi connectivity index (χ3n) is 6.16. The van der Waals surface area contributed by atoms with E-state index in [1.54, 1.807) is 9.47 Å². The summed E-state index contributed by atoms with van der Waals surface area (Å²) < 4.78 is 2.30. The van der Waals surface area contributed by atoms with Crippen LogP contribution in [0, 0.1) is 36.0 Å². The van der Waals surface area contributed by atoms with E-state index in [1.807, 2.05) is 19.9 Å². The fourth-order valence-corrected chi connectivity index (χ4v) is 6.16. The highest BCUT2D eigenvalue weighted by Crippen LogP contribution is 2.37. The van der Waals surface area contributed by atoms with Gasteiger partial charge in [-0.3, -0.25) is 19.1 Å². The fourth-order valence-electron chi connectivity index (χ4n) is 4.91. The third-order valence-corrected chi connectivity index (χ3v) is 7.54. The molecule has 8 heteroatoms.